The SMILES string of the molecule is COCC(NCC(=O)NC1CC1)C1CC1. The quantitative estimate of drug-likeness (QED) is 0.637. The molecule has 0 saturated heterocycles. The van der Waals surface area contributed by atoms with Crippen LogP contribution < -0.4 is 10.6 Å². The zero-order chi connectivity index (χ0) is 10.7. The molecular weight excluding hydrogens is 192 g/mol. The van der Waals surface area contributed by atoms with Crippen molar-refractivity contribution in [1.29, 1.82) is 0 Å². The average molecular weight is 212 g/mol. The lowest BCUT2D eigenvalue weighted by Crippen LogP contribution is -2.42. The van der Waals surface area contributed by atoms with Gasteiger partial charge < -0.3 is 15.4 Å². The van der Waals surface area contributed by atoms with E-state index in [9.17, 15) is 4.79 Å². The summed E-state index contributed by atoms with van der Waals surface area (Å²) in [5.41, 5.74) is 0. The molecule has 2 fully saturated rings. The minimum Gasteiger partial charge on any atom is -0.383 e. The number of amides is 1. The fourth-order valence-corrected chi connectivity index (χ4v) is 1.77. The van der Waals surface area contributed by atoms with Gasteiger partial charge in [-0.05, 0) is 31.6 Å². The molecule has 15 heavy (non-hydrogen) atoms. The zero-order valence-electron chi connectivity index (χ0n) is 9.29. The largest absolute Gasteiger partial charge is 0.383 e. The standard InChI is InChI=1S/C11H20N2O2/c1-15-7-10(8-2-3-8)12-6-11(14)13-9-4-5-9/h8-10,12H,2-7H2,1H3,(H,13,14). The Labute approximate surface area is 90.8 Å². The van der Waals surface area contributed by atoms with Crippen molar-refractivity contribution in [3.05, 3.63) is 0 Å². The summed E-state index contributed by atoms with van der Waals surface area (Å²) < 4.78 is 5.14. The van der Waals surface area contributed by atoms with Crippen LogP contribution in [0.5, 0.6) is 0 Å². The second-order valence-electron chi connectivity index (χ2n) is 4.62. The number of methoxy groups -OCH3 is 1. The average Bonchev–Trinajstić information content (AvgIpc) is 3.02. The van der Waals surface area contributed by atoms with E-state index in [4.69, 9.17) is 4.74 Å². The molecule has 0 bridgehead atoms. The molecular formula is C11H20N2O2. The lowest BCUT2D eigenvalue weighted by Gasteiger charge is -2.16. The predicted octanol–water partition coefficient (Wildman–Crippen LogP) is 0.280. The molecule has 0 aromatic rings. The third-order valence-electron chi connectivity index (χ3n) is 3.00. The Kier molecular flexibility index (Phi) is 3.59. The van der Waals surface area contributed by atoms with E-state index < -0.39 is 0 Å². The topological polar surface area (TPSA) is 50.4 Å². The van der Waals surface area contributed by atoms with Gasteiger partial charge in [-0.3, -0.25) is 4.79 Å². The molecule has 1 amide bonds. The van der Waals surface area contributed by atoms with Crippen LogP contribution in [0, 0.1) is 5.92 Å². The van der Waals surface area contributed by atoms with Gasteiger partial charge in [-0.25, -0.2) is 0 Å². The molecule has 0 aromatic heterocycles. The zero-order valence-corrected chi connectivity index (χ0v) is 9.29. The number of nitrogens with one attached hydrogen (secondary N) is 2. The van der Waals surface area contributed by atoms with Gasteiger partial charge in [0.2, 0.25) is 5.91 Å². The Balaban J connectivity index is 1.62. The van der Waals surface area contributed by atoms with Gasteiger partial charge >= 0.3 is 0 Å². The Morgan fingerprint density at radius 1 is 1.40 bits per heavy atom. The van der Waals surface area contributed by atoms with E-state index in [-0.39, 0.29) is 5.91 Å². The summed E-state index contributed by atoms with van der Waals surface area (Å²) in [5.74, 6) is 0.845. The molecule has 0 spiro atoms. The third-order valence-corrected chi connectivity index (χ3v) is 3.00. The number of ether oxygens (including phenoxy) is 1. The summed E-state index contributed by atoms with van der Waals surface area (Å²) in [6, 6.07) is 0.820. The number of hydrogen-bond donors (Lipinski definition) is 2. The molecule has 2 saturated carbocycles. The van der Waals surface area contributed by atoms with Gasteiger partial charge in [0.05, 0.1) is 13.2 Å². The summed E-state index contributed by atoms with van der Waals surface area (Å²) in [6.45, 7) is 1.14. The first-order valence-corrected chi connectivity index (χ1v) is 5.81. The normalized spacial score (nSPS) is 22.5. The number of carbonyl (C=O) groups excluding carboxylic acids is 1. The molecule has 0 heterocycles. The van der Waals surface area contributed by atoms with Crippen LogP contribution in [0.1, 0.15) is 25.7 Å². The molecule has 0 radical (unpaired) electrons. The maximum atomic E-state index is 11.4. The van der Waals surface area contributed by atoms with E-state index >= 15 is 0 Å². The molecule has 1 unspecified atom stereocenters. The lowest BCUT2D eigenvalue weighted by atomic mass is 10.2. The first kappa shape index (κ1) is 10.9. The van der Waals surface area contributed by atoms with Gasteiger partial charge in [0, 0.05) is 19.2 Å². The summed E-state index contributed by atoms with van der Waals surface area (Å²) in [4.78, 5) is 11.4. The molecule has 2 rings (SSSR count). The van der Waals surface area contributed by atoms with Crippen LogP contribution in [0.2, 0.25) is 0 Å². The predicted molar refractivity (Wildman–Crippen MR) is 57.6 cm³/mol. The van der Waals surface area contributed by atoms with Crippen molar-refractivity contribution < 1.29 is 9.53 Å². The maximum absolute atomic E-state index is 11.4. The van der Waals surface area contributed by atoms with Crippen LogP contribution in [0.15, 0.2) is 0 Å². The number of carbonyl (C=O) groups is 1. The van der Waals surface area contributed by atoms with Crippen LogP contribution in [-0.4, -0.2) is 38.3 Å². The summed E-state index contributed by atoms with van der Waals surface area (Å²) in [7, 11) is 1.71. The van der Waals surface area contributed by atoms with Crippen LogP contribution >= 0.6 is 0 Å². The molecule has 0 aromatic carbocycles. The van der Waals surface area contributed by atoms with E-state index in [1.807, 2.05) is 0 Å². The van der Waals surface area contributed by atoms with Crippen molar-refractivity contribution in [3.63, 3.8) is 0 Å². The molecule has 1 atom stereocenters. The first-order chi connectivity index (χ1) is 7.29. The molecule has 0 aliphatic heterocycles. The number of rotatable bonds is 7. The third kappa shape index (κ3) is 3.80. The van der Waals surface area contributed by atoms with E-state index in [1.165, 1.54) is 12.8 Å². The monoisotopic (exact) mass is 212 g/mol. The van der Waals surface area contributed by atoms with Gasteiger partial charge in [0.15, 0.2) is 0 Å². The minimum atomic E-state index is 0.124. The van der Waals surface area contributed by atoms with Crippen molar-refractivity contribution in [3.8, 4) is 0 Å². The van der Waals surface area contributed by atoms with Crippen molar-refractivity contribution in [2.24, 2.45) is 5.92 Å². The highest BCUT2D eigenvalue weighted by Crippen LogP contribution is 2.32. The molecule has 4 heteroatoms. The highest BCUT2D eigenvalue weighted by Gasteiger charge is 2.31. The lowest BCUT2D eigenvalue weighted by molar-refractivity contribution is -0.120. The molecule has 2 N–H and O–H groups in total. The Bertz CT molecular complexity index is 225. The fourth-order valence-electron chi connectivity index (χ4n) is 1.77. The van der Waals surface area contributed by atoms with Gasteiger partial charge in [-0.2, -0.15) is 0 Å². The van der Waals surface area contributed by atoms with Crippen molar-refractivity contribution in [1.82, 2.24) is 10.6 Å². The van der Waals surface area contributed by atoms with Crippen molar-refractivity contribution in [2.45, 2.75) is 37.8 Å². The van der Waals surface area contributed by atoms with Crippen molar-refractivity contribution >= 4 is 5.91 Å². The van der Waals surface area contributed by atoms with Gasteiger partial charge in [-0.15, -0.1) is 0 Å². The number of hydrogen-bond acceptors (Lipinski definition) is 3. The Morgan fingerprint density at radius 2 is 2.13 bits per heavy atom. The fraction of sp³-hybridized carbons (Fsp3) is 0.909. The molecule has 86 valence electrons. The van der Waals surface area contributed by atoms with E-state index in [2.05, 4.69) is 10.6 Å². The first-order valence-electron chi connectivity index (χ1n) is 5.81. The van der Waals surface area contributed by atoms with Gasteiger partial charge in [-0.1, -0.05) is 0 Å². The van der Waals surface area contributed by atoms with Crippen LogP contribution in [0.25, 0.3) is 0 Å². The molecule has 4 nitrogen and oxygen atoms in total. The Morgan fingerprint density at radius 3 is 2.67 bits per heavy atom. The second-order valence-corrected chi connectivity index (χ2v) is 4.62. The summed E-state index contributed by atoms with van der Waals surface area (Å²) in [6.07, 6.45) is 4.84. The van der Waals surface area contributed by atoms with Crippen molar-refractivity contribution in [2.75, 3.05) is 20.3 Å². The van der Waals surface area contributed by atoms with E-state index in [0.717, 1.165) is 18.8 Å². The Hall–Kier alpha value is -0.610. The maximum Gasteiger partial charge on any atom is 0.234 e. The summed E-state index contributed by atoms with van der Waals surface area (Å²) in [5, 5.41) is 6.25. The summed E-state index contributed by atoms with van der Waals surface area (Å²) >= 11 is 0. The van der Waals surface area contributed by atoms with Crippen LogP contribution in [0.4, 0.5) is 0 Å². The highest BCUT2D eigenvalue weighted by molar-refractivity contribution is 5.78. The van der Waals surface area contributed by atoms with E-state index in [0.29, 0.717) is 25.2 Å². The van der Waals surface area contributed by atoms with Gasteiger partial charge in [0.25, 0.3) is 0 Å². The molecule has 2 aliphatic rings. The van der Waals surface area contributed by atoms with Crippen LogP contribution in [-0.2, 0) is 9.53 Å². The second kappa shape index (κ2) is 4.94. The van der Waals surface area contributed by atoms with Crippen LogP contribution in [0.3, 0.4) is 0 Å². The minimum absolute atomic E-state index is 0.124. The van der Waals surface area contributed by atoms with E-state index in [1.54, 1.807) is 7.11 Å². The highest BCUT2D eigenvalue weighted by atomic mass is 16.5. The van der Waals surface area contributed by atoms with Gasteiger partial charge in [0.1, 0.15) is 0 Å². The molecule has 2 aliphatic carbocycles. The smallest absolute Gasteiger partial charge is 0.234 e.